The number of methoxy groups -OCH3 is 1. The summed E-state index contributed by atoms with van der Waals surface area (Å²) in [6, 6.07) is 16.2. The quantitative estimate of drug-likeness (QED) is 0.572. The van der Waals surface area contributed by atoms with Crippen LogP contribution in [0.2, 0.25) is 0 Å². The summed E-state index contributed by atoms with van der Waals surface area (Å²) in [6.07, 6.45) is 5.88. The minimum atomic E-state index is -0.411. The molecular weight excluding hydrogens is 428 g/mol. The topological polar surface area (TPSA) is 32.8 Å². The molecular formula is C24H29BrN2O2. The van der Waals surface area contributed by atoms with Crippen LogP contribution in [0.5, 0.6) is 5.75 Å². The van der Waals surface area contributed by atoms with Crippen LogP contribution in [0, 0.1) is 0 Å². The molecule has 2 aliphatic rings. The van der Waals surface area contributed by atoms with Crippen molar-refractivity contribution in [1.29, 1.82) is 0 Å². The van der Waals surface area contributed by atoms with Crippen LogP contribution >= 0.6 is 15.9 Å². The summed E-state index contributed by atoms with van der Waals surface area (Å²) in [5.74, 6) is 1.03. The van der Waals surface area contributed by atoms with Crippen molar-refractivity contribution < 1.29 is 9.53 Å². The maximum atomic E-state index is 13.9. The fourth-order valence-corrected chi connectivity index (χ4v) is 5.32. The molecule has 1 amide bonds. The Labute approximate surface area is 182 Å². The third kappa shape index (κ3) is 3.65. The number of nitrogens with zero attached hydrogens (tertiary/aromatic N) is 2. The van der Waals surface area contributed by atoms with Crippen LogP contribution in [0.15, 0.2) is 53.0 Å². The number of rotatable bonds is 4. The predicted octanol–water partition coefficient (Wildman–Crippen LogP) is 5.92. The second kappa shape index (κ2) is 8.02. The maximum Gasteiger partial charge on any atom is 0.252 e. The minimum Gasteiger partial charge on any atom is -0.497 e. The number of halogens is 1. The first-order chi connectivity index (χ1) is 13.9. The van der Waals surface area contributed by atoms with Gasteiger partial charge in [0.1, 0.15) is 17.5 Å². The highest BCUT2D eigenvalue weighted by Gasteiger charge is 2.54. The number of benzene rings is 2. The number of hydrogen-bond donors (Lipinski definition) is 0. The number of ether oxygens (including phenoxy) is 1. The van der Waals surface area contributed by atoms with E-state index in [1.54, 1.807) is 7.11 Å². The molecule has 1 aliphatic carbocycles. The Morgan fingerprint density at radius 3 is 2.14 bits per heavy atom. The Morgan fingerprint density at radius 1 is 0.931 bits per heavy atom. The zero-order valence-electron chi connectivity index (χ0n) is 17.4. The van der Waals surface area contributed by atoms with E-state index in [2.05, 4.69) is 63.8 Å². The summed E-state index contributed by atoms with van der Waals surface area (Å²) in [4.78, 5) is 18.3. The van der Waals surface area contributed by atoms with Crippen molar-refractivity contribution in [2.45, 2.75) is 63.7 Å². The maximum absolute atomic E-state index is 13.9. The molecule has 2 aromatic carbocycles. The summed E-state index contributed by atoms with van der Waals surface area (Å²) in [5, 5.41) is 0. The zero-order chi connectivity index (χ0) is 20.6. The van der Waals surface area contributed by atoms with E-state index in [4.69, 9.17) is 4.74 Å². The molecule has 5 heteroatoms. The first-order valence-electron chi connectivity index (χ1n) is 10.5. The lowest BCUT2D eigenvalue weighted by Crippen LogP contribution is -2.54. The van der Waals surface area contributed by atoms with Crippen LogP contribution in [-0.2, 0) is 4.79 Å². The molecule has 1 saturated heterocycles. The van der Waals surface area contributed by atoms with Gasteiger partial charge in [-0.25, -0.2) is 0 Å². The van der Waals surface area contributed by atoms with E-state index in [-0.39, 0.29) is 11.9 Å². The van der Waals surface area contributed by atoms with Crippen LogP contribution in [0.3, 0.4) is 0 Å². The van der Waals surface area contributed by atoms with Gasteiger partial charge in [-0.1, -0.05) is 47.3 Å². The van der Waals surface area contributed by atoms with E-state index in [0.717, 1.165) is 34.3 Å². The van der Waals surface area contributed by atoms with Gasteiger partial charge in [0.25, 0.3) is 5.91 Å². The summed E-state index contributed by atoms with van der Waals surface area (Å²) in [6.45, 7) is 4.37. The summed E-state index contributed by atoms with van der Waals surface area (Å²) in [7, 11) is 1.67. The molecule has 29 heavy (non-hydrogen) atoms. The third-order valence-electron chi connectivity index (χ3n) is 6.38. The van der Waals surface area contributed by atoms with Crippen molar-refractivity contribution in [3.05, 3.63) is 58.6 Å². The molecule has 0 N–H and O–H groups in total. The van der Waals surface area contributed by atoms with Gasteiger partial charge >= 0.3 is 0 Å². The van der Waals surface area contributed by atoms with E-state index in [1.807, 2.05) is 24.3 Å². The number of amides is 1. The molecule has 1 atom stereocenters. The summed E-state index contributed by atoms with van der Waals surface area (Å²) in [5.41, 5.74) is 1.65. The highest BCUT2D eigenvalue weighted by Crippen LogP contribution is 2.46. The van der Waals surface area contributed by atoms with Crippen LogP contribution in [0.25, 0.3) is 0 Å². The molecule has 4 rings (SSSR count). The van der Waals surface area contributed by atoms with Crippen molar-refractivity contribution >= 4 is 27.5 Å². The fraction of sp³-hybridized carbons (Fsp3) is 0.458. The molecule has 0 aromatic heterocycles. The average Bonchev–Trinajstić information content (AvgIpc) is 2.94. The molecule has 0 spiro atoms. The fourth-order valence-electron chi connectivity index (χ4n) is 5.05. The van der Waals surface area contributed by atoms with Crippen molar-refractivity contribution in [1.82, 2.24) is 4.90 Å². The van der Waals surface area contributed by atoms with Gasteiger partial charge in [-0.05, 0) is 68.7 Å². The molecule has 4 nitrogen and oxygen atoms in total. The highest BCUT2D eigenvalue weighted by molar-refractivity contribution is 9.10. The zero-order valence-corrected chi connectivity index (χ0v) is 19.0. The number of carbonyl (C=O) groups is 1. The van der Waals surface area contributed by atoms with Crippen molar-refractivity contribution in [2.24, 2.45) is 0 Å². The Balaban J connectivity index is 1.80. The van der Waals surface area contributed by atoms with Crippen LogP contribution in [0.4, 0.5) is 5.69 Å². The second-order valence-corrected chi connectivity index (χ2v) is 9.43. The van der Waals surface area contributed by atoms with Crippen molar-refractivity contribution in [3.8, 4) is 5.75 Å². The van der Waals surface area contributed by atoms with Gasteiger partial charge in [0, 0.05) is 16.2 Å². The second-order valence-electron chi connectivity index (χ2n) is 8.52. The standard InChI is InChI=1S/C24H29BrN2O2/c1-24(2)26(20-13-15-21(29-3)16-14-20)22(17-9-11-18(25)12-10-17)23(28)27(24)19-7-5-4-6-8-19/h9-16,19,22H,4-8H2,1-3H3. The van der Waals surface area contributed by atoms with Gasteiger partial charge in [0.15, 0.2) is 0 Å². The Morgan fingerprint density at radius 2 is 1.55 bits per heavy atom. The van der Waals surface area contributed by atoms with E-state index in [9.17, 15) is 4.79 Å². The first kappa shape index (κ1) is 20.3. The molecule has 0 bridgehead atoms. The van der Waals surface area contributed by atoms with Gasteiger partial charge in [-0.3, -0.25) is 4.79 Å². The number of anilines is 1. The lowest BCUT2D eigenvalue weighted by Gasteiger charge is -2.44. The molecule has 2 aromatic rings. The van der Waals surface area contributed by atoms with E-state index in [1.165, 1.54) is 19.3 Å². The molecule has 0 radical (unpaired) electrons. The number of carbonyl (C=O) groups excluding carboxylic acids is 1. The average molecular weight is 457 g/mol. The first-order valence-corrected chi connectivity index (χ1v) is 11.2. The van der Waals surface area contributed by atoms with Gasteiger partial charge < -0.3 is 14.5 Å². The molecule has 1 heterocycles. The third-order valence-corrected chi connectivity index (χ3v) is 6.91. The normalized spacial score (nSPS) is 22.2. The Kier molecular flexibility index (Phi) is 5.60. The van der Waals surface area contributed by atoms with Gasteiger partial charge in [0.2, 0.25) is 0 Å². The van der Waals surface area contributed by atoms with Crippen LogP contribution in [-0.4, -0.2) is 29.6 Å². The van der Waals surface area contributed by atoms with Gasteiger partial charge in [-0.2, -0.15) is 0 Å². The van der Waals surface area contributed by atoms with Crippen molar-refractivity contribution in [3.63, 3.8) is 0 Å². The van der Waals surface area contributed by atoms with Crippen LogP contribution in [0.1, 0.15) is 57.6 Å². The SMILES string of the molecule is COc1ccc(N2C(c3ccc(Br)cc3)C(=O)N(C3CCCCC3)C2(C)C)cc1. The van der Waals surface area contributed by atoms with Crippen LogP contribution < -0.4 is 9.64 Å². The van der Waals surface area contributed by atoms with E-state index < -0.39 is 5.66 Å². The van der Waals surface area contributed by atoms with Gasteiger partial charge in [-0.15, -0.1) is 0 Å². The Hall–Kier alpha value is -2.01. The minimum absolute atomic E-state index is 0.208. The highest BCUT2D eigenvalue weighted by atomic mass is 79.9. The Bertz CT molecular complexity index is 857. The molecule has 1 saturated carbocycles. The number of hydrogen-bond acceptors (Lipinski definition) is 3. The van der Waals surface area contributed by atoms with E-state index in [0.29, 0.717) is 6.04 Å². The smallest absolute Gasteiger partial charge is 0.252 e. The monoisotopic (exact) mass is 456 g/mol. The lowest BCUT2D eigenvalue weighted by atomic mass is 9.92. The summed E-state index contributed by atoms with van der Waals surface area (Å²) >= 11 is 3.52. The molecule has 2 fully saturated rings. The van der Waals surface area contributed by atoms with E-state index >= 15 is 0 Å². The predicted molar refractivity (Wildman–Crippen MR) is 120 cm³/mol. The summed E-state index contributed by atoms with van der Waals surface area (Å²) < 4.78 is 6.36. The molecule has 1 unspecified atom stereocenters. The lowest BCUT2D eigenvalue weighted by molar-refractivity contribution is -0.135. The largest absolute Gasteiger partial charge is 0.497 e. The van der Waals surface area contributed by atoms with Gasteiger partial charge in [0.05, 0.1) is 7.11 Å². The molecule has 1 aliphatic heterocycles. The van der Waals surface area contributed by atoms with Crippen molar-refractivity contribution in [2.75, 3.05) is 12.0 Å². The molecule has 154 valence electrons.